The topological polar surface area (TPSA) is 63.8 Å². The average Bonchev–Trinajstić information content (AvgIpc) is 2.51. The van der Waals surface area contributed by atoms with E-state index in [0.717, 1.165) is 6.20 Å². The van der Waals surface area contributed by atoms with Crippen molar-refractivity contribution in [3.63, 3.8) is 0 Å². The molecule has 0 unspecified atom stereocenters. The lowest BCUT2D eigenvalue weighted by atomic mass is 10.2. The first-order chi connectivity index (χ1) is 8.67. The Hall–Kier alpha value is -1.51. The summed E-state index contributed by atoms with van der Waals surface area (Å²) in [5, 5.41) is 2.58. The van der Waals surface area contributed by atoms with E-state index >= 15 is 0 Å². The minimum absolute atomic E-state index is 0.00819. The smallest absolute Gasteiger partial charge is 0.364 e. The summed E-state index contributed by atoms with van der Waals surface area (Å²) in [6.45, 7) is 0. The van der Waals surface area contributed by atoms with Gasteiger partial charge in [0.15, 0.2) is 5.69 Å². The molecule has 2 atom stereocenters. The molecule has 1 aromatic heterocycles. The maximum Gasteiger partial charge on any atom is 0.434 e. The fourth-order valence-electron chi connectivity index (χ4n) is 1.94. The van der Waals surface area contributed by atoms with E-state index in [0.29, 0.717) is 6.20 Å². The summed E-state index contributed by atoms with van der Waals surface area (Å²) >= 11 is 0. The van der Waals surface area contributed by atoms with Gasteiger partial charge >= 0.3 is 6.18 Å². The number of anilines is 1. The predicted molar refractivity (Wildman–Crippen MR) is 56.6 cm³/mol. The third kappa shape index (κ3) is 3.28. The van der Waals surface area contributed by atoms with Crippen LogP contribution in [0.25, 0.3) is 0 Å². The summed E-state index contributed by atoms with van der Waals surface area (Å²) in [6, 6.07) is -1.51. The standard InChI is InChI=1S/C10H11F5N4/c11-9(12)1-5(16)6(2-9)19-8-4-17-7(3-18-8)10(13,14)15/h3-6H,1-2,16H2,(H,18,19)/t5-,6-/m0/s1. The molecule has 0 saturated heterocycles. The number of alkyl halides is 5. The molecule has 3 N–H and O–H groups in total. The molecular weight excluding hydrogens is 271 g/mol. The van der Waals surface area contributed by atoms with E-state index in [1.54, 1.807) is 0 Å². The zero-order valence-corrected chi connectivity index (χ0v) is 9.59. The molecule has 9 heteroatoms. The van der Waals surface area contributed by atoms with Crippen LogP contribution in [0.15, 0.2) is 12.4 Å². The summed E-state index contributed by atoms with van der Waals surface area (Å²) in [7, 11) is 0. The number of nitrogens with two attached hydrogens (primary N) is 1. The van der Waals surface area contributed by atoms with Gasteiger partial charge in [0, 0.05) is 24.9 Å². The monoisotopic (exact) mass is 282 g/mol. The van der Waals surface area contributed by atoms with Gasteiger partial charge < -0.3 is 11.1 Å². The van der Waals surface area contributed by atoms with Gasteiger partial charge in [-0.3, -0.25) is 0 Å². The highest BCUT2D eigenvalue weighted by atomic mass is 19.4. The van der Waals surface area contributed by atoms with Gasteiger partial charge in [0.25, 0.3) is 5.92 Å². The van der Waals surface area contributed by atoms with Crippen LogP contribution in [0.3, 0.4) is 0 Å². The quantitative estimate of drug-likeness (QED) is 0.815. The zero-order valence-electron chi connectivity index (χ0n) is 9.59. The van der Waals surface area contributed by atoms with Crippen molar-refractivity contribution in [1.82, 2.24) is 9.97 Å². The van der Waals surface area contributed by atoms with Crippen molar-refractivity contribution in [3.8, 4) is 0 Å². The van der Waals surface area contributed by atoms with Gasteiger partial charge in [0.1, 0.15) is 5.82 Å². The molecular formula is C10H11F5N4. The second-order valence-electron chi connectivity index (χ2n) is 4.46. The first-order valence-corrected chi connectivity index (χ1v) is 5.46. The Labute approximate surface area is 105 Å². The molecule has 0 spiro atoms. The van der Waals surface area contributed by atoms with Crippen LogP contribution in [0, 0.1) is 0 Å². The molecule has 4 nitrogen and oxygen atoms in total. The van der Waals surface area contributed by atoms with Crippen molar-refractivity contribution in [3.05, 3.63) is 18.1 Å². The molecule has 0 bridgehead atoms. The van der Waals surface area contributed by atoms with E-state index in [4.69, 9.17) is 5.73 Å². The fraction of sp³-hybridized carbons (Fsp3) is 0.600. The average molecular weight is 282 g/mol. The van der Waals surface area contributed by atoms with Gasteiger partial charge in [0.2, 0.25) is 0 Å². The van der Waals surface area contributed by atoms with Crippen molar-refractivity contribution in [2.45, 2.75) is 37.0 Å². The van der Waals surface area contributed by atoms with Crippen LogP contribution in [0.4, 0.5) is 27.8 Å². The Balaban J connectivity index is 2.05. The van der Waals surface area contributed by atoms with Crippen molar-refractivity contribution in [1.29, 1.82) is 0 Å². The SMILES string of the molecule is N[C@H]1CC(F)(F)C[C@@H]1Nc1cnc(C(F)(F)F)cn1. The summed E-state index contributed by atoms with van der Waals surface area (Å²) < 4.78 is 62.9. The second kappa shape index (κ2) is 4.55. The molecule has 0 radical (unpaired) electrons. The maximum atomic E-state index is 13.1. The number of aromatic nitrogens is 2. The highest BCUT2D eigenvalue weighted by Gasteiger charge is 2.45. The Kier molecular flexibility index (Phi) is 3.33. The van der Waals surface area contributed by atoms with Gasteiger partial charge in [-0.2, -0.15) is 13.2 Å². The first-order valence-electron chi connectivity index (χ1n) is 5.46. The highest BCUT2D eigenvalue weighted by Crippen LogP contribution is 2.35. The van der Waals surface area contributed by atoms with Crippen molar-refractivity contribution in [2.75, 3.05) is 5.32 Å². The third-order valence-corrected chi connectivity index (χ3v) is 2.85. The van der Waals surface area contributed by atoms with E-state index in [1.165, 1.54) is 0 Å². The van der Waals surface area contributed by atoms with Crippen LogP contribution in [-0.4, -0.2) is 28.0 Å². The fourth-order valence-corrected chi connectivity index (χ4v) is 1.94. The lowest BCUT2D eigenvalue weighted by molar-refractivity contribution is -0.141. The van der Waals surface area contributed by atoms with Crippen molar-refractivity contribution in [2.24, 2.45) is 5.73 Å². The minimum Gasteiger partial charge on any atom is -0.364 e. The number of nitrogens with zero attached hydrogens (tertiary/aromatic N) is 2. The van der Waals surface area contributed by atoms with Crippen molar-refractivity contribution >= 4 is 5.82 Å². The summed E-state index contributed by atoms with van der Waals surface area (Å²) in [5.41, 5.74) is 4.39. The number of hydrogen-bond acceptors (Lipinski definition) is 4. The Morgan fingerprint density at radius 2 is 1.89 bits per heavy atom. The van der Waals surface area contributed by atoms with Crippen LogP contribution in [0.2, 0.25) is 0 Å². The molecule has 1 heterocycles. The largest absolute Gasteiger partial charge is 0.434 e. The highest BCUT2D eigenvalue weighted by molar-refractivity contribution is 5.34. The van der Waals surface area contributed by atoms with E-state index in [1.807, 2.05) is 0 Å². The molecule has 0 aromatic carbocycles. The molecule has 19 heavy (non-hydrogen) atoms. The van der Waals surface area contributed by atoms with Gasteiger partial charge in [-0.1, -0.05) is 0 Å². The molecule has 1 fully saturated rings. The summed E-state index contributed by atoms with van der Waals surface area (Å²) in [5.74, 6) is -2.87. The Morgan fingerprint density at radius 3 is 2.32 bits per heavy atom. The normalized spacial score (nSPS) is 26.4. The molecule has 0 amide bonds. The van der Waals surface area contributed by atoms with E-state index in [-0.39, 0.29) is 5.82 Å². The zero-order chi connectivity index (χ0) is 14.3. The third-order valence-electron chi connectivity index (χ3n) is 2.85. The van der Waals surface area contributed by atoms with Gasteiger partial charge in [0.05, 0.1) is 12.4 Å². The molecule has 0 aliphatic heterocycles. The lowest BCUT2D eigenvalue weighted by Gasteiger charge is -2.17. The minimum atomic E-state index is -4.58. The number of hydrogen-bond donors (Lipinski definition) is 2. The Bertz CT molecular complexity index is 444. The van der Waals surface area contributed by atoms with Crippen LogP contribution < -0.4 is 11.1 Å². The van der Waals surface area contributed by atoms with Crippen molar-refractivity contribution < 1.29 is 22.0 Å². The maximum absolute atomic E-state index is 13.1. The predicted octanol–water partition coefficient (Wildman–Crippen LogP) is 2.03. The summed E-state index contributed by atoms with van der Waals surface area (Å²) in [6.07, 6.45) is -4.12. The first kappa shape index (κ1) is 13.9. The lowest BCUT2D eigenvalue weighted by Crippen LogP contribution is -2.35. The number of halogens is 5. The molecule has 2 rings (SSSR count). The van der Waals surface area contributed by atoms with E-state index in [9.17, 15) is 22.0 Å². The van der Waals surface area contributed by atoms with Gasteiger partial charge in [-0.15, -0.1) is 0 Å². The van der Waals surface area contributed by atoms with Crippen LogP contribution in [0.5, 0.6) is 0 Å². The Morgan fingerprint density at radius 1 is 1.21 bits per heavy atom. The van der Waals surface area contributed by atoms with Crippen LogP contribution in [-0.2, 0) is 6.18 Å². The number of nitrogens with one attached hydrogen (secondary N) is 1. The molecule has 1 aromatic rings. The van der Waals surface area contributed by atoms with Crippen LogP contribution >= 0.6 is 0 Å². The summed E-state index contributed by atoms with van der Waals surface area (Å²) in [4.78, 5) is 6.67. The molecule has 106 valence electrons. The van der Waals surface area contributed by atoms with Gasteiger partial charge in [-0.05, 0) is 0 Å². The van der Waals surface area contributed by atoms with E-state index in [2.05, 4.69) is 15.3 Å². The number of rotatable bonds is 2. The van der Waals surface area contributed by atoms with Crippen LogP contribution in [0.1, 0.15) is 18.5 Å². The second-order valence-corrected chi connectivity index (χ2v) is 4.46. The molecule has 1 aliphatic rings. The van der Waals surface area contributed by atoms with E-state index < -0.39 is 42.7 Å². The molecule has 1 saturated carbocycles. The molecule has 1 aliphatic carbocycles. The van der Waals surface area contributed by atoms with Gasteiger partial charge in [-0.25, -0.2) is 18.7 Å².